The fraction of sp³-hybridized carbons (Fsp3) is 0.471. The molecule has 1 aromatic carbocycles. The second-order valence-corrected chi connectivity index (χ2v) is 5.43. The molecule has 0 radical (unpaired) electrons. The van der Waals surface area contributed by atoms with E-state index in [4.69, 9.17) is 4.74 Å². The molecule has 0 spiro atoms. The predicted molar refractivity (Wildman–Crippen MR) is 85.6 cm³/mol. The molecule has 2 aromatic rings. The molecule has 0 bridgehead atoms. The second kappa shape index (κ2) is 8.60. The van der Waals surface area contributed by atoms with E-state index in [1.165, 1.54) is 5.56 Å². The summed E-state index contributed by atoms with van der Waals surface area (Å²) in [4.78, 5) is 0. The Morgan fingerprint density at radius 1 is 1.19 bits per heavy atom. The minimum atomic E-state index is 0.335. The molecule has 0 fully saturated rings. The van der Waals surface area contributed by atoms with Crippen LogP contribution in [0.2, 0.25) is 0 Å². The van der Waals surface area contributed by atoms with Gasteiger partial charge in [0.25, 0.3) is 0 Å². The first-order valence-electron chi connectivity index (χ1n) is 7.67. The van der Waals surface area contributed by atoms with Crippen molar-refractivity contribution in [3.8, 4) is 5.69 Å². The van der Waals surface area contributed by atoms with Crippen LogP contribution < -0.4 is 5.32 Å². The first-order valence-corrected chi connectivity index (χ1v) is 7.67. The second-order valence-electron chi connectivity index (χ2n) is 5.43. The van der Waals surface area contributed by atoms with E-state index >= 15 is 0 Å². The van der Waals surface area contributed by atoms with Gasteiger partial charge in [0.15, 0.2) is 0 Å². The van der Waals surface area contributed by atoms with Gasteiger partial charge in [0, 0.05) is 24.9 Å². The molecule has 1 N–H and O–H groups in total. The third-order valence-electron chi connectivity index (χ3n) is 3.19. The summed E-state index contributed by atoms with van der Waals surface area (Å²) in [7, 11) is 0. The first-order chi connectivity index (χ1) is 10.3. The zero-order valence-electron chi connectivity index (χ0n) is 13.0. The molecule has 1 heterocycles. The minimum Gasteiger partial charge on any atom is -0.379 e. The van der Waals surface area contributed by atoms with Crippen molar-refractivity contribution in [1.29, 1.82) is 0 Å². The molecule has 4 heteroatoms. The third kappa shape index (κ3) is 5.69. The van der Waals surface area contributed by atoms with Crippen LogP contribution in [0.1, 0.15) is 32.3 Å². The molecule has 114 valence electrons. The van der Waals surface area contributed by atoms with Crippen molar-refractivity contribution in [1.82, 2.24) is 15.1 Å². The number of hydrogen-bond donors (Lipinski definition) is 1. The third-order valence-corrected chi connectivity index (χ3v) is 3.19. The van der Waals surface area contributed by atoms with Crippen molar-refractivity contribution in [2.45, 2.75) is 39.3 Å². The average Bonchev–Trinajstić information content (AvgIpc) is 2.96. The van der Waals surface area contributed by atoms with Gasteiger partial charge in [-0.3, -0.25) is 0 Å². The molecule has 21 heavy (non-hydrogen) atoms. The van der Waals surface area contributed by atoms with Gasteiger partial charge in [0.1, 0.15) is 0 Å². The molecule has 0 atom stereocenters. The van der Waals surface area contributed by atoms with Gasteiger partial charge in [-0.15, -0.1) is 0 Å². The number of hydrogen-bond acceptors (Lipinski definition) is 3. The minimum absolute atomic E-state index is 0.335. The van der Waals surface area contributed by atoms with Gasteiger partial charge in [0.05, 0.1) is 18.0 Å². The van der Waals surface area contributed by atoms with E-state index < -0.39 is 0 Å². The number of ether oxygens (including phenoxy) is 1. The Kier molecular flexibility index (Phi) is 6.44. The summed E-state index contributed by atoms with van der Waals surface area (Å²) in [6.07, 6.45) is 6.57. The van der Waals surface area contributed by atoms with E-state index in [2.05, 4.69) is 42.6 Å². The summed E-state index contributed by atoms with van der Waals surface area (Å²) >= 11 is 0. The van der Waals surface area contributed by atoms with E-state index in [1.807, 2.05) is 29.1 Å². The molecule has 2 rings (SSSR count). The van der Waals surface area contributed by atoms with Crippen LogP contribution in [0.4, 0.5) is 0 Å². The van der Waals surface area contributed by atoms with Crippen LogP contribution in [-0.2, 0) is 11.3 Å². The highest BCUT2D eigenvalue weighted by Crippen LogP contribution is 2.07. The van der Waals surface area contributed by atoms with Crippen molar-refractivity contribution in [3.05, 3.63) is 48.3 Å². The van der Waals surface area contributed by atoms with E-state index in [9.17, 15) is 0 Å². The Bertz CT molecular complexity index is 508. The molecule has 0 aliphatic carbocycles. The summed E-state index contributed by atoms with van der Waals surface area (Å²) in [6, 6.07) is 10.2. The van der Waals surface area contributed by atoms with Crippen LogP contribution in [0.3, 0.4) is 0 Å². The zero-order chi connectivity index (χ0) is 14.9. The summed E-state index contributed by atoms with van der Waals surface area (Å²) in [5.74, 6) is 0. The highest BCUT2D eigenvalue weighted by atomic mass is 16.5. The molecule has 0 amide bonds. The summed E-state index contributed by atoms with van der Waals surface area (Å²) in [5.41, 5.74) is 2.30. The number of nitrogens with one attached hydrogen (secondary N) is 1. The lowest BCUT2D eigenvalue weighted by Crippen LogP contribution is -2.15. The Morgan fingerprint density at radius 2 is 2.00 bits per heavy atom. The van der Waals surface area contributed by atoms with Gasteiger partial charge in [-0.1, -0.05) is 18.2 Å². The van der Waals surface area contributed by atoms with Crippen molar-refractivity contribution in [3.63, 3.8) is 0 Å². The van der Waals surface area contributed by atoms with Crippen LogP contribution in [0.25, 0.3) is 5.69 Å². The monoisotopic (exact) mass is 287 g/mol. The molecule has 0 aliphatic rings. The van der Waals surface area contributed by atoms with E-state index in [0.29, 0.717) is 6.10 Å². The highest BCUT2D eigenvalue weighted by Gasteiger charge is 2.00. The molecule has 0 unspecified atom stereocenters. The van der Waals surface area contributed by atoms with Crippen molar-refractivity contribution >= 4 is 0 Å². The maximum absolute atomic E-state index is 5.52. The molecule has 1 aromatic heterocycles. The van der Waals surface area contributed by atoms with Crippen LogP contribution in [0.5, 0.6) is 0 Å². The quantitative estimate of drug-likeness (QED) is 0.720. The highest BCUT2D eigenvalue weighted by molar-refractivity contribution is 5.30. The smallest absolute Gasteiger partial charge is 0.0645 e. The fourth-order valence-corrected chi connectivity index (χ4v) is 2.08. The average molecular weight is 287 g/mol. The molecule has 0 saturated heterocycles. The number of rotatable bonds is 9. The molecule has 0 saturated carbocycles. The summed E-state index contributed by atoms with van der Waals surface area (Å²) in [6.45, 7) is 6.87. The van der Waals surface area contributed by atoms with E-state index in [-0.39, 0.29) is 0 Å². The Balaban J connectivity index is 1.65. The lowest BCUT2D eigenvalue weighted by Gasteiger charge is -2.07. The van der Waals surface area contributed by atoms with Crippen molar-refractivity contribution in [2.24, 2.45) is 0 Å². The van der Waals surface area contributed by atoms with Gasteiger partial charge >= 0.3 is 0 Å². The number of unbranched alkanes of at least 4 members (excludes halogenated alkanes) is 1. The van der Waals surface area contributed by atoms with E-state index in [0.717, 1.165) is 38.2 Å². The number of aromatic nitrogens is 2. The van der Waals surface area contributed by atoms with E-state index in [1.54, 1.807) is 0 Å². The number of benzene rings is 1. The fourth-order valence-electron chi connectivity index (χ4n) is 2.08. The Morgan fingerprint density at radius 3 is 2.76 bits per heavy atom. The largest absolute Gasteiger partial charge is 0.379 e. The molecular weight excluding hydrogens is 262 g/mol. The van der Waals surface area contributed by atoms with Crippen molar-refractivity contribution in [2.75, 3.05) is 13.2 Å². The van der Waals surface area contributed by atoms with Crippen LogP contribution in [-0.4, -0.2) is 29.0 Å². The summed E-state index contributed by atoms with van der Waals surface area (Å²) < 4.78 is 7.43. The van der Waals surface area contributed by atoms with Crippen LogP contribution in [0.15, 0.2) is 42.7 Å². The zero-order valence-corrected chi connectivity index (χ0v) is 13.0. The standard InChI is InChI=1S/C17H25N3O/c1-15(2)21-11-7-6-10-18-12-16-13-19-20(14-16)17-8-4-3-5-9-17/h3-5,8-9,13-15,18H,6-7,10-12H2,1-2H3. The SMILES string of the molecule is CC(C)OCCCCNCc1cnn(-c2ccccc2)c1. The number of nitrogens with zero attached hydrogens (tertiary/aromatic N) is 2. The molecule has 0 aliphatic heterocycles. The Labute approximate surface area is 127 Å². The lowest BCUT2D eigenvalue weighted by molar-refractivity contribution is 0.0760. The van der Waals surface area contributed by atoms with Gasteiger partial charge in [-0.2, -0.15) is 5.10 Å². The Hall–Kier alpha value is -1.65. The van der Waals surface area contributed by atoms with Gasteiger partial charge in [-0.25, -0.2) is 4.68 Å². The van der Waals surface area contributed by atoms with Gasteiger partial charge < -0.3 is 10.1 Å². The lowest BCUT2D eigenvalue weighted by atomic mass is 10.3. The maximum atomic E-state index is 5.52. The van der Waals surface area contributed by atoms with Gasteiger partial charge in [0.2, 0.25) is 0 Å². The first kappa shape index (κ1) is 15.7. The topological polar surface area (TPSA) is 39.1 Å². The number of para-hydroxylation sites is 1. The normalized spacial score (nSPS) is 11.2. The molecular formula is C17H25N3O. The molecule has 4 nitrogen and oxygen atoms in total. The van der Waals surface area contributed by atoms with Crippen LogP contribution in [0, 0.1) is 0 Å². The van der Waals surface area contributed by atoms with Crippen LogP contribution >= 0.6 is 0 Å². The summed E-state index contributed by atoms with van der Waals surface area (Å²) in [5, 5.41) is 7.84. The van der Waals surface area contributed by atoms with Gasteiger partial charge in [-0.05, 0) is 45.4 Å². The predicted octanol–water partition coefficient (Wildman–Crippen LogP) is 3.17. The van der Waals surface area contributed by atoms with Crippen molar-refractivity contribution < 1.29 is 4.74 Å². The maximum Gasteiger partial charge on any atom is 0.0645 e.